The average molecular weight is 319 g/mol. The van der Waals surface area contributed by atoms with Crippen molar-refractivity contribution in [1.82, 2.24) is 25.3 Å². The van der Waals surface area contributed by atoms with Crippen LogP contribution < -0.4 is 10.1 Å². The molecule has 0 aliphatic heterocycles. The summed E-state index contributed by atoms with van der Waals surface area (Å²) in [4.78, 5) is 15.0. The van der Waals surface area contributed by atoms with Gasteiger partial charge in [0.2, 0.25) is 5.91 Å². The lowest BCUT2D eigenvalue weighted by atomic mass is 10.2. The molecule has 0 atom stereocenters. The molecule has 1 N–H and O–H groups in total. The first kappa shape index (κ1) is 16.6. The topological polar surface area (TPSA) is 81.9 Å². The summed E-state index contributed by atoms with van der Waals surface area (Å²) >= 11 is 0. The van der Waals surface area contributed by atoms with Crippen molar-refractivity contribution >= 4 is 5.91 Å². The van der Waals surface area contributed by atoms with Crippen molar-refractivity contribution < 1.29 is 13.9 Å². The maximum absolute atomic E-state index is 13.2. The van der Waals surface area contributed by atoms with Crippen LogP contribution in [0.25, 0.3) is 0 Å². The molecule has 0 aliphatic carbocycles. The largest absolute Gasteiger partial charge is 0.489 e. The van der Waals surface area contributed by atoms with E-state index in [0.29, 0.717) is 26.0 Å². The van der Waals surface area contributed by atoms with Gasteiger partial charge >= 0.3 is 0 Å². The Morgan fingerprint density at radius 3 is 3.17 bits per heavy atom. The smallest absolute Gasteiger partial charge is 0.255 e. The van der Waals surface area contributed by atoms with Gasteiger partial charge in [-0.3, -0.25) is 4.79 Å². The molecule has 0 saturated heterocycles. The van der Waals surface area contributed by atoms with Crippen LogP contribution in [0.3, 0.4) is 0 Å². The van der Waals surface area contributed by atoms with Gasteiger partial charge in [0, 0.05) is 18.9 Å². The zero-order chi connectivity index (χ0) is 16.5. The zero-order valence-corrected chi connectivity index (χ0v) is 12.6. The van der Waals surface area contributed by atoms with Crippen molar-refractivity contribution in [3.8, 4) is 5.75 Å². The fraction of sp³-hybridized carbons (Fsp3) is 0.333. The molecule has 0 spiro atoms. The molecule has 2 rings (SSSR count). The number of rotatable bonds is 9. The molecular formula is C15H18FN5O2. The number of aromatic nitrogens is 4. The third-order valence-corrected chi connectivity index (χ3v) is 2.89. The van der Waals surface area contributed by atoms with Crippen LogP contribution in [0.4, 0.5) is 4.39 Å². The van der Waals surface area contributed by atoms with Gasteiger partial charge < -0.3 is 10.1 Å². The van der Waals surface area contributed by atoms with Crippen molar-refractivity contribution in [3.05, 3.63) is 48.8 Å². The van der Waals surface area contributed by atoms with E-state index in [1.165, 1.54) is 16.9 Å². The van der Waals surface area contributed by atoms with E-state index in [1.54, 1.807) is 18.3 Å². The summed E-state index contributed by atoms with van der Waals surface area (Å²) in [7, 11) is 0. The second-order valence-electron chi connectivity index (χ2n) is 4.74. The van der Waals surface area contributed by atoms with E-state index >= 15 is 0 Å². The fourth-order valence-corrected chi connectivity index (χ4v) is 1.83. The highest BCUT2D eigenvalue weighted by Crippen LogP contribution is 2.13. The first-order valence-electron chi connectivity index (χ1n) is 7.19. The summed E-state index contributed by atoms with van der Waals surface area (Å²) in [5, 5.41) is 10.5. The first-order chi connectivity index (χ1) is 11.2. The second-order valence-corrected chi connectivity index (χ2v) is 4.74. The Hall–Kier alpha value is -2.77. The highest BCUT2D eigenvalue weighted by molar-refractivity contribution is 5.75. The van der Waals surface area contributed by atoms with Gasteiger partial charge in [0.1, 0.15) is 6.54 Å². The summed E-state index contributed by atoms with van der Waals surface area (Å²) in [6.45, 7) is 4.40. The van der Waals surface area contributed by atoms with Crippen LogP contribution in [-0.2, 0) is 17.8 Å². The molecule has 0 bridgehead atoms. The molecule has 0 aromatic carbocycles. The molecule has 23 heavy (non-hydrogen) atoms. The Bertz CT molecular complexity index is 659. The van der Waals surface area contributed by atoms with Gasteiger partial charge in [0.25, 0.3) is 5.95 Å². The van der Waals surface area contributed by atoms with Crippen molar-refractivity contribution in [2.45, 2.75) is 19.4 Å². The predicted octanol–water partition coefficient (Wildman–Crippen LogP) is 1.13. The molecule has 7 nitrogen and oxygen atoms in total. The molecule has 8 heteroatoms. The van der Waals surface area contributed by atoms with Crippen LogP contribution in [0.15, 0.2) is 37.2 Å². The number of hydrogen-bond donors (Lipinski definition) is 1. The minimum Gasteiger partial charge on any atom is -0.489 e. The Kier molecular flexibility index (Phi) is 6.22. The van der Waals surface area contributed by atoms with Gasteiger partial charge in [-0.2, -0.15) is 4.39 Å². The van der Waals surface area contributed by atoms with E-state index in [0.717, 1.165) is 5.69 Å². The minimum atomic E-state index is -0.621. The molecule has 0 saturated carbocycles. The fourth-order valence-electron chi connectivity index (χ4n) is 1.83. The van der Waals surface area contributed by atoms with Gasteiger partial charge in [-0.1, -0.05) is 11.3 Å². The van der Waals surface area contributed by atoms with E-state index in [4.69, 9.17) is 4.74 Å². The van der Waals surface area contributed by atoms with E-state index < -0.39 is 5.95 Å². The average Bonchev–Trinajstić information content (AvgIpc) is 2.98. The molecule has 122 valence electrons. The van der Waals surface area contributed by atoms with Crippen LogP contribution in [0.1, 0.15) is 12.1 Å². The number of amides is 1. The highest BCUT2D eigenvalue weighted by Gasteiger charge is 2.06. The van der Waals surface area contributed by atoms with Crippen molar-refractivity contribution in [1.29, 1.82) is 0 Å². The second kappa shape index (κ2) is 8.62. The summed E-state index contributed by atoms with van der Waals surface area (Å²) in [5.41, 5.74) is 0.747. The number of carbonyl (C=O) groups excluding carboxylic acids is 1. The predicted molar refractivity (Wildman–Crippen MR) is 81.2 cm³/mol. The van der Waals surface area contributed by atoms with E-state index in [9.17, 15) is 9.18 Å². The lowest BCUT2D eigenvalue weighted by molar-refractivity contribution is -0.121. The molecule has 2 aromatic rings. The highest BCUT2D eigenvalue weighted by atomic mass is 19.1. The first-order valence-corrected chi connectivity index (χ1v) is 7.19. The molecule has 1 amide bonds. The number of ether oxygens (including phenoxy) is 1. The SMILES string of the molecule is C=CCNC(=O)Cn1cc(CCCOc2cccnc2F)nn1. The monoisotopic (exact) mass is 319 g/mol. The van der Waals surface area contributed by atoms with Gasteiger partial charge in [0.15, 0.2) is 5.75 Å². The molecule has 2 heterocycles. The van der Waals surface area contributed by atoms with Crippen LogP contribution in [0.5, 0.6) is 5.75 Å². The molecule has 0 radical (unpaired) electrons. The summed E-state index contributed by atoms with van der Waals surface area (Å²) in [6.07, 6.45) is 5.95. The number of carbonyl (C=O) groups is 1. The number of halogens is 1. The van der Waals surface area contributed by atoms with Gasteiger partial charge in [0.05, 0.1) is 12.3 Å². The summed E-state index contributed by atoms with van der Waals surface area (Å²) < 4.78 is 20.0. The maximum atomic E-state index is 13.2. The number of hydrogen-bond acceptors (Lipinski definition) is 5. The van der Waals surface area contributed by atoms with Crippen LogP contribution >= 0.6 is 0 Å². The standard InChI is InChI=1S/C15H18FN5O2/c1-2-7-17-14(22)11-21-10-12(19-20-21)5-4-9-23-13-6-3-8-18-15(13)16/h2-3,6,8,10H,1,4-5,7,9,11H2,(H,17,22). The Labute approximate surface area is 133 Å². The summed E-state index contributed by atoms with van der Waals surface area (Å²) in [5.74, 6) is -0.643. The van der Waals surface area contributed by atoms with E-state index in [-0.39, 0.29) is 18.2 Å². The quantitative estimate of drug-likeness (QED) is 0.425. The van der Waals surface area contributed by atoms with Crippen molar-refractivity contribution in [2.75, 3.05) is 13.2 Å². The number of nitrogens with zero attached hydrogens (tertiary/aromatic N) is 4. The van der Waals surface area contributed by atoms with Gasteiger partial charge in [-0.15, -0.1) is 11.7 Å². The van der Waals surface area contributed by atoms with Gasteiger partial charge in [-0.05, 0) is 25.0 Å². The lowest BCUT2D eigenvalue weighted by Gasteiger charge is -2.05. The Morgan fingerprint density at radius 1 is 1.52 bits per heavy atom. The maximum Gasteiger partial charge on any atom is 0.255 e. The molecule has 0 unspecified atom stereocenters. The van der Waals surface area contributed by atoms with Gasteiger partial charge in [-0.25, -0.2) is 9.67 Å². The van der Waals surface area contributed by atoms with E-state index in [1.807, 2.05) is 0 Å². The van der Waals surface area contributed by atoms with Crippen molar-refractivity contribution in [2.24, 2.45) is 0 Å². The zero-order valence-electron chi connectivity index (χ0n) is 12.6. The van der Waals surface area contributed by atoms with Crippen LogP contribution in [-0.4, -0.2) is 39.0 Å². The molecular weight excluding hydrogens is 301 g/mol. The lowest BCUT2D eigenvalue weighted by Crippen LogP contribution is -2.27. The molecule has 2 aromatic heterocycles. The van der Waals surface area contributed by atoms with E-state index in [2.05, 4.69) is 27.2 Å². The third kappa shape index (κ3) is 5.50. The number of aryl methyl sites for hydroxylation is 1. The third-order valence-electron chi connectivity index (χ3n) is 2.89. The molecule has 0 aliphatic rings. The van der Waals surface area contributed by atoms with Crippen LogP contribution in [0.2, 0.25) is 0 Å². The Balaban J connectivity index is 1.71. The van der Waals surface area contributed by atoms with Crippen LogP contribution in [0, 0.1) is 5.95 Å². The van der Waals surface area contributed by atoms with Crippen molar-refractivity contribution in [3.63, 3.8) is 0 Å². The minimum absolute atomic E-state index is 0.109. The number of nitrogens with one attached hydrogen (secondary N) is 1. The number of pyridine rings is 1. The Morgan fingerprint density at radius 2 is 2.39 bits per heavy atom. The normalized spacial score (nSPS) is 10.3. The molecule has 0 fully saturated rings. The summed E-state index contributed by atoms with van der Waals surface area (Å²) in [6, 6.07) is 3.14.